The first-order chi connectivity index (χ1) is 6.52. The summed E-state index contributed by atoms with van der Waals surface area (Å²) in [6.45, 7) is 4.95. The maximum absolute atomic E-state index is 11.0. The average Bonchev–Trinajstić information content (AvgIpc) is 2.13. The number of ether oxygens (including phenoxy) is 1. The van der Waals surface area contributed by atoms with Gasteiger partial charge in [-0.15, -0.1) is 0 Å². The van der Waals surface area contributed by atoms with Crippen molar-refractivity contribution in [2.24, 2.45) is 5.41 Å². The number of amides is 1. The Morgan fingerprint density at radius 3 is 2.64 bits per heavy atom. The van der Waals surface area contributed by atoms with Crippen molar-refractivity contribution in [1.29, 1.82) is 0 Å². The third-order valence-corrected chi connectivity index (χ3v) is 2.06. The molecule has 0 bridgehead atoms. The van der Waals surface area contributed by atoms with E-state index in [1.54, 1.807) is 0 Å². The van der Waals surface area contributed by atoms with Crippen LogP contribution in [-0.2, 0) is 9.53 Å². The predicted molar refractivity (Wildman–Crippen MR) is 55.0 cm³/mol. The fourth-order valence-corrected chi connectivity index (χ4v) is 1.06. The van der Waals surface area contributed by atoms with E-state index in [9.17, 15) is 4.79 Å². The van der Waals surface area contributed by atoms with Gasteiger partial charge in [-0.05, 0) is 18.3 Å². The molecule has 0 spiro atoms. The lowest BCUT2D eigenvalue weighted by molar-refractivity contribution is -0.124. The van der Waals surface area contributed by atoms with Crippen molar-refractivity contribution in [2.45, 2.75) is 26.7 Å². The quantitative estimate of drug-likeness (QED) is 0.594. The van der Waals surface area contributed by atoms with Crippen LogP contribution < -0.4 is 5.32 Å². The van der Waals surface area contributed by atoms with E-state index < -0.39 is 0 Å². The summed E-state index contributed by atoms with van der Waals surface area (Å²) in [5, 5.41) is 11.7. The molecule has 84 valence electrons. The largest absolute Gasteiger partial charge is 0.396 e. The Kier molecular flexibility index (Phi) is 6.49. The van der Waals surface area contributed by atoms with Crippen molar-refractivity contribution in [1.82, 2.24) is 5.32 Å². The van der Waals surface area contributed by atoms with Gasteiger partial charge in [-0.1, -0.05) is 13.8 Å². The number of methoxy groups -OCH3 is 1. The normalized spacial score (nSPS) is 11.4. The Morgan fingerprint density at radius 2 is 2.14 bits per heavy atom. The lowest BCUT2D eigenvalue weighted by Crippen LogP contribution is -2.29. The molecule has 1 amide bonds. The zero-order chi connectivity index (χ0) is 11.0. The molecule has 0 unspecified atom stereocenters. The second kappa shape index (κ2) is 6.79. The van der Waals surface area contributed by atoms with E-state index in [0.29, 0.717) is 6.54 Å². The van der Waals surface area contributed by atoms with Gasteiger partial charge in [0.25, 0.3) is 0 Å². The monoisotopic (exact) mass is 203 g/mol. The molecule has 4 heteroatoms. The zero-order valence-corrected chi connectivity index (χ0v) is 9.30. The Morgan fingerprint density at radius 1 is 1.50 bits per heavy atom. The van der Waals surface area contributed by atoms with Gasteiger partial charge in [-0.25, -0.2) is 0 Å². The van der Waals surface area contributed by atoms with Gasteiger partial charge in [0, 0.05) is 20.3 Å². The van der Waals surface area contributed by atoms with Crippen LogP contribution in [0.3, 0.4) is 0 Å². The highest BCUT2D eigenvalue weighted by atomic mass is 16.5. The van der Waals surface area contributed by atoms with Gasteiger partial charge in [0.2, 0.25) is 5.91 Å². The molecular weight excluding hydrogens is 182 g/mol. The highest BCUT2D eigenvalue weighted by Crippen LogP contribution is 2.20. The number of rotatable bonds is 7. The lowest BCUT2D eigenvalue weighted by atomic mass is 9.89. The van der Waals surface area contributed by atoms with Crippen LogP contribution in [-0.4, -0.2) is 37.9 Å². The minimum atomic E-state index is -0.0886. The average molecular weight is 203 g/mol. The minimum absolute atomic E-state index is 0.0496. The summed E-state index contributed by atoms with van der Waals surface area (Å²) in [5.41, 5.74) is -0.0496. The van der Waals surface area contributed by atoms with Gasteiger partial charge >= 0.3 is 0 Å². The molecule has 0 aromatic rings. The SMILES string of the molecule is COCC(=O)NCCCC(C)(C)CO. The molecule has 0 aliphatic carbocycles. The van der Waals surface area contributed by atoms with Crippen molar-refractivity contribution >= 4 is 5.91 Å². The van der Waals surface area contributed by atoms with E-state index in [1.807, 2.05) is 13.8 Å². The summed E-state index contributed by atoms with van der Waals surface area (Å²) < 4.78 is 4.67. The van der Waals surface area contributed by atoms with Gasteiger partial charge in [0.05, 0.1) is 0 Å². The molecule has 4 nitrogen and oxygen atoms in total. The van der Waals surface area contributed by atoms with Crippen molar-refractivity contribution < 1.29 is 14.6 Å². The maximum Gasteiger partial charge on any atom is 0.245 e. The van der Waals surface area contributed by atoms with Crippen LogP contribution in [0.25, 0.3) is 0 Å². The smallest absolute Gasteiger partial charge is 0.245 e. The van der Waals surface area contributed by atoms with E-state index in [4.69, 9.17) is 5.11 Å². The van der Waals surface area contributed by atoms with Crippen LogP contribution in [0.15, 0.2) is 0 Å². The van der Waals surface area contributed by atoms with Crippen molar-refractivity contribution in [3.63, 3.8) is 0 Å². The fraction of sp³-hybridized carbons (Fsp3) is 0.900. The molecule has 0 aromatic heterocycles. The third-order valence-electron chi connectivity index (χ3n) is 2.06. The summed E-state index contributed by atoms with van der Waals surface area (Å²) >= 11 is 0. The van der Waals surface area contributed by atoms with Gasteiger partial charge in [-0.3, -0.25) is 4.79 Å². The molecule has 0 saturated carbocycles. The van der Waals surface area contributed by atoms with Gasteiger partial charge < -0.3 is 15.2 Å². The van der Waals surface area contributed by atoms with E-state index >= 15 is 0 Å². The molecule has 0 aromatic carbocycles. The number of aliphatic hydroxyl groups is 1. The highest BCUT2D eigenvalue weighted by molar-refractivity contribution is 5.77. The van der Waals surface area contributed by atoms with Crippen molar-refractivity contribution in [2.75, 3.05) is 26.9 Å². The van der Waals surface area contributed by atoms with Gasteiger partial charge in [0.15, 0.2) is 0 Å². The summed E-state index contributed by atoms with van der Waals surface area (Å²) in [7, 11) is 1.49. The standard InChI is InChI=1S/C10H21NO3/c1-10(2,8-12)5-4-6-11-9(13)7-14-3/h12H,4-8H2,1-3H3,(H,11,13). The van der Waals surface area contributed by atoms with Crippen molar-refractivity contribution in [3.05, 3.63) is 0 Å². The number of hydrogen-bond acceptors (Lipinski definition) is 3. The minimum Gasteiger partial charge on any atom is -0.396 e. The molecule has 0 radical (unpaired) electrons. The van der Waals surface area contributed by atoms with Crippen molar-refractivity contribution in [3.8, 4) is 0 Å². The van der Waals surface area contributed by atoms with Crippen LogP contribution in [0.2, 0.25) is 0 Å². The highest BCUT2D eigenvalue weighted by Gasteiger charge is 2.15. The molecule has 0 rings (SSSR count). The Hall–Kier alpha value is -0.610. The second-order valence-electron chi connectivity index (χ2n) is 4.21. The third kappa shape index (κ3) is 6.86. The summed E-state index contributed by atoms with van der Waals surface area (Å²) in [5.74, 6) is -0.0886. The first-order valence-corrected chi connectivity index (χ1v) is 4.88. The summed E-state index contributed by atoms with van der Waals surface area (Å²) in [4.78, 5) is 11.0. The molecule has 0 aliphatic rings. The molecule has 0 saturated heterocycles. The first kappa shape index (κ1) is 13.4. The topological polar surface area (TPSA) is 58.6 Å². The van der Waals surface area contributed by atoms with E-state index in [-0.39, 0.29) is 24.5 Å². The maximum atomic E-state index is 11.0. The van der Waals surface area contributed by atoms with Crippen LogP contribution in [0.1, 0.15) is 26.7 Å². The van der Waals surface area contributed by atoms with Crippen LogP contribution in [0.5, 0.6) is 0 Å². The van der Waals surface area contributed by atoms with Gasteiger partial charge in [-0.2, -0.15) is 0 Å². The van der Waals surface area contributed by atoms with E-state index in [2.05, 4.69) is 10.1 Å². The molecule has 0 atom stereocenters. The first-order valence-electron chi connectivity index (χ1n) is 4.88. The van der Waals surface area contributed by atoms with E-state index in [0.717, 1.165) is 12.8 Å². The number of aliphatic hydroxyl groups excluding tert-OH is 1. The Balaban J connectivity index is 3.42. The summed E-state index contributed by atoms with van der Waals surface area (Å²) in [6.07, 6.45) is 1.78. The second-order valence-corrected chi connectivity index (χ2v) is 4.21. The van der Waals surface area contributed by atoms with E-state index in [1.165, 1.54) is 7.11 Å². The number of hydrogen-bond donors (Lipinski definition) is 2. The number of carbonyl (C=O) groups excluding carboxylic acids is 1. The van der Waals surface area contributed by atoms with Gasteiger partial charge in [0.1, 0.15) is 6.61 Å². The zero-order valence-electron chi connectivity index (χ0n) is 9.30. The fourth-order valence-electron chi connectivity index (χ4n) is 1.06. The Bertz CT molecular complexity index is 169. The Labute approximate surface area is 85.6 Å². The lowest BCUT2D eigenvalue weighted by Gasteiger charge is -2.21. The number of nitrogens with one attached hydrogen (secondary N) is 1. The molecule has 2 N–H and O–H groups in total. The molecule has 0 fully saturated rings. The summed E-state index contributed by atoms with van der Waals surface area (Å²) in [6, 6.07) is 0. The molecular formula is C10H21NO3. The molecule has 0 aliphatic heterocycles. The van der Waals surface area contributed by atoms with Crippen LogP contribution in [0, 0.1) is 5.41 Å². The molecule has 14 heavy (non-hydrogen) atoms. The molecule has 0 heterocycles. The number of carbonyl (C=O) groups is 1. The predicted octanol–water partition coefficient (Wildman–Crippen LogP) is 0.548. The van der Waals surface area contributed by atoms with Crippen LogP contribution >= 0.6 is 0 Å². The van der Waals surface area contributed by atoms with Crippen LogP contribution in [0.4, 0.5) is 0 Å².